The van der Waals surface area contributed by atoms with E-state index in [0.29, 0.717) is 11.4 Å². The van der Waals surface area contributed by atoms with Crippen molar-refractivity contribution < 1.29 is 9.53 Å². The molecule has 0 radical (unpaired) electrons. The van der Waals surface area contributed by atoms with Crippen LogP contribution in [0.3, 0.4) is 0 Å². The van der Waals surface area contributed by atoms with Crippen molar-refractivity contribution in [3.8, 4) is 5.75 Å². The fourth-order valence-electron chi connectivity index (χ4n) is 2.61. The minimum Gasteiger partial charge on any atom is -0.497 e. The first-order valence-corrected chi connectivity index (χ1v) is 7.23. The Morgan fingerprint density at radius 1 is 1.14 bits per heavy atom. The molecule has 0 aliphatic heterocycles. The van der Waals surface area contributed by atoms with E-state index in [4.69, 9.17) is 16.3 Å². The largest absolute Gasteiger partial charge is 0.497 e. The normalized spacial score (nSPS) is 15.9. The molecule has 2 nitrogen and oxygen atoms in total. The molecule has 3 rings (SSSR count). The second-order valence-electron chi connectivity index (χ2n) is 5.03. The molecule has 0 bridgehead atoms. The van der Waals surface area contributed by atoms with E-state index in [1.54, 1.807) is 7.11 Å². The van der Waals surface area contributed by atoms with Gasteiger partial charge in [-0.2, -0.15) is 0 Å². The first kappa shape index (κ1) is 13.9. The minimum absolute atomic E-state index is 0.160. The van der Waals surface area contributed by atoms with Crippen molar-refractivity contribution in [1.29, 1.82) is 0 Å². The summed E-state index contributed by atoms with van der Waals surface area (Å²) in [5, 5.41) is 0.651. The molecule has 1 aliphatic carbocycles. The number of carbonyl (C=O) groups is 1. The van der Waals surface area contributed by atoms with Gasteiger partial charge in [0.05, 0.1) is 7.11 Å². The van der Waals surface area contributed by atoms with Crippen LogP contribution in [0.25, 0.3) is 11.6 Å². The van der Waals surface area contributed by atoms with Crippen molar-refractivity contribution in [3.05, 3.63) is 64.2 Å². The standard InChI is InChI=1S/C18H15ClO2/c1-21-14-7-8-15-12(10-14)6-9-18(20)16(15)11-13-4-2-3-5-17(13)19/h2-5,7-8,10-11H,6,9H2,1H3/b16-11+. The maximum absolute atomic E-state index is 12.3. The van der Waals surface area contributed by atoms with Crippen LogP contribution in [0.1, 0.15) is 23.1 Å². The number of methoxy groups -OCH3 is 1. The fraction of sp³-hybridized carbons (Fsp3) is 0.167. The highest BCUT2D eigenvalue weighted by molar-refractivity contribution is 6.33. The van der Waals surface area contributed by atoms with Crippen LogP contribution in [0.5, 0.6) is 5.75 Å². The first-order chi connectivity index (χ1) is 10.2. The maximum atomic E-state index is 12.3. The topological polar surface area (TPSA) is 26.3 Å². The zero-order chi connectivity index (χ0) is 14.8. The summed E-state index contributed by atoms with van der Waals surface area (Å²) >= 11 is 6.19. The lowest BCUT2D eigenvalue weighted by Crippen LogP contribution is -2.12. The van der Waals surface area contributed by atoms with E-state index >= 15 is 0 Å². The van der Waals surface area contributed by atoms with Crippen LogP contribution < -0.4 is 4.74 Å². The zero-order valence-corrected chi connectivity index (χ0v) is 12.5. The van der Waals surface area contributed by atoms with Gasteiger partial charge in [-0.3, -0.25) is 4.79 Å². The van der Waals surface area contributed by atoms with Gasteiger partial charge in [0.25, 0.3) is 0 Å². The van der Waals surface area contributed by atoms with Crippen molar-refractivity contribution in [2.24, 2.45) is 0 Å². The van der Waals surface area contributed by atoms with Gasteiger partial charge in [-0.25, -0.2) is 0 Å². The van der Waals surface area contributed by atoms with Crippen LogP contribution in [-0.4, -0.2) is 12.9 Å². The molecule has 0 spiro atoms. The maximum Gasteiger partial charge on any atom is 0.163 e. The Bertz CT molecular complexity index is 732. The number of halogens is 1. The molecule has 0 heterocycles. The van der Waals surface area contributed by atoms with E-state index in [1.165, 1.54) is 0 Å². The number of allylic oxidation sites excluding steroid dienone is 1. The highest BCUT2D eigenvalue weighted by Crippen LogP contribution is 2.33. The highest BCUT2D eigenvalue weighted by Gasteiger charge is 2.22. The summed E-state index contributed by atoms with van der Waals surface area (Å²) in [7, 11) is 1.65. The van der Waals surface area contributed by atoms with E-state index in [0.717, 1.165) is 34.4 Å². The number of fused-ring (bicyclic) bond motifs is 1. The summed E-state index contributed by atoms with van der Waals surface area (Å²) < 4.78 is 5.25. The molecule has 0 saturated heterocycles. The van der Waals surface area contributed by atoms with E-state index in [2.05, 4.69) is 0 Å². The predicted molar refractivity (Wildman–Crippen MR) is 85.6 cm³/mol. The van der Waals surface area contributed by atoms with E-state index in [1.807, 2.05) is 48.5 Å². The lowest BCUT2D eigenvalue weighted by Gasteiger charge is -2.19. The van der Waals surface area contributed by atoms with Crippen molar-refractivity contribution in [2.75, 3.05) is 7.11 Å². The summed E-state index contributed by atoms with van der Waals surface area (Å²) in [6, 6.07) is 13.4. The summed E-state index contributed by atoms with van der Waals surface area (Å²) in [6.07, 6.45) is 3.16. The van der Waals surface area contributed by atoms with Crippen LogP contribution in [0.15, 0.2) is 42.5 Å². The number of benzene rings is 2. The third kappa shape index (κ3) is 2.72. The summed E-state index contributed by atoms with van der Waals surface area (Å²) in [6.45, 7) is 0. The van der Waals surface area contributed by atoms with Crippen LogP contribution in [0.4, 0.5) is 0 Å². The van der Waals surface area contributed by atoms with E-state index in [9.17, 15) is 4.79 Å². The van der Waals surface area contributed by atoms with Crippen LogP contribution in [0.2, 0.25) is 5.02 Å². The van der Waals surface area contributed by atoms with Crippen LogP contribution in [0, 0.1) is 0 Å². The quantitative estimate of drug-likeness (QED) is 0.768. The summed E-state index contributed by atoms with van der Waals surface area (Å²) in [5.74, 6) is 0.979. The number of carbonyl (C=O) groups excluding carboxylic acids is 1. The van der Waals surface area contributed by atoms with Gasteiger partial charge < -0.3 is 4.74 Å². The monoisotopic (exact) mass is 298 g/mol. The average molecular weight is 299 g/mol. The minimum atomic E-state index is 0.160. The fourth-order valence-corrected chi connectivity index (χ4v) is 2.80. The third-order valence-corrected chi connectivity index (χ3v) is 4.07. The highest BCUT2D eigenvalue weighted by atomic mass is 35.5. The summed E-state index contributed by atoms with van der Waals surface area (Å²) in [4.78, 5) is 12.3. The predicted octanol–water partition coefficient (Wildman–Crippen LogP) is 4.40. The van der Waals surface area contributed by atoms with Crippen molar-refractivity contribution >= 4 is 29.0 Å². The zero-order valence-electron chi connectivity index (χ0n) is 11.7. The molecule has 0 amide bonds. The van der Waals surface area contributed by atoms with E-state index < -0.39 is 0 Å². The van der Waals surface area contributed by atoms with Crippen LogP contribution in [-0.2, 0) is 11.2 Å². The number of hydrogen-bond acceptors (Lipinski definition) is 2. The van der Waals surface area contributed by atoms with Gasteiger partial charge in [-0.1, -0.05) is 35.9 Å². The van der Waals surface area contributed by atoms with Crippen molar-refractivity contribution in [2.45, 2.75) is 12.8 Å². The van der Waals surface area contributed by atoms with Crippen molar-refractivity contribution in [3.63, 3.8) is 0 Å². The Kier molecular flexibility index (Phi) is 3.80. The van der Waals surface area contributed by atoms with Crippen LogP contribution >= 0.6 is 11.6 Å². The Hall–Kier alpha value is -2.06. The van der Waals surface area contributed by atoms with Crippen molar-refractivity contribution in [1.82, 2.24) is 0 Å². The molecule has 2 aromatic carbocycles. The molecule has 0 N–H and O–H groups in total. The van der Waals surface area contributed by atoms with Gasteiger partial charge in [-0.15, -0.1) is 0 Å². The van der Waals surface area contributed by atoms with Gasteiger partial charge in [0.15, 0.2) is 5.78 Å². The van der Waals surface area contributed by atoms with Gasteiger partial charge in [-0.05, 0) is 47.4 Å². The lowest BCUT2D eigenvalue weighted by molar-refractivity contribution is -0.113. The SMILES string of the molecule is COc1ccc2c(c1)CCC(=O)/C2=C/c1ccccc1Cl. The Balaban J connectivity index is 2.11. The average Bonchev–Trinajstić information content (AvgIpc) is 2.51. The number of ether oxygens (including phenoxy) is 1. The molecule has 3 heteroatoms. The molecule has 0 atom stereocenters. The van der Waals surface area contributed by atoms with Gasteiger partial charge in [0, 0.05) is 17.0 Å². The number of rotatable bonds is 2. The molecular weight excluding hydrogens is 284 g/mol. The Labute approximate surface area is 129 Å². The first-order valence-electron chi connectivity index (χ1n) is 6.86. The Morgan fingerprint density at radius 2 is 1.95 bits per heavy atom. The molecule has 0 unspecified atom stereocenters. The molecule has 2 aromatic rings. The van der Waals surface area contributed by atoms with E-state index in [-0.39, 0.29) is 5.78 Å². The molecule has 0 fully saturated rings. The van der Waals surface area contributed by atoms with Gasteiger partial charge in [0.2, 0.25) is 0 Å². The number of Topliss-reactive ketones (excluding diaryl/α,β-unsaturated/α-hetero) is 1. The molecule has 106 valence electrons. The van der Waals surface area contributed by atoms with Gasteiger partial charge >= 0.3 is 0 Å². The number of hydrogen-bond donors (Lipinski definition) is 0. The number of ketones is 1. The second kappa shape index (κ2) is 5.74. The smallest absolute Gasteiger partial charge is 0.163 e. The van der Waals surface area contributed by atoms with Gasteiger partial charge in [0.1, 0.15) is 5.75 Å². The second-order valence-corrected chi connectivity index (χ2v) is 5.43. The molecule has 0 saturated carbocycles. The molecule has 0 aromatic heterocycles. The Morgan fingerprint density at radius 3 is 2.71 bits per heavy atom. The number of aryl methyl sites for hydroxylation is 1. The molecular formula is C18H15ClO2. The third-order valence-electron chi connectivity index (χ3n) is 3.73. The molecule has 21 heavy (non-hydrogen) atoms. The summed E-state index contributed by atoms with van der Waals surface area (Å²) in [5.41, 5.74) is 3.72. The lowest BCUT2D eigenvalue weighted by atomic mass is 9.85. The molecule has 1 aliphatic rings.